The van der Waals surface area contributed by atoms with Crippen LogP contribution in [0.2, 0.25) is 0 Å². The van der Waals surface area contributed by atoms with Gasteiger partial charge in [0, 0.05) is 78.8 Å². The third-order valence-corrected chi connectivity index (χ3v) is 8.92. The first-order valence-electron chi connectivity index (χ1n) is 13.4. The zero-order chi connectivity index (χ0) is 29.2. The number of morpholine rings is 1. The van der Waals surface area contributed by atoms with Crippen molar-refractivity contribution in [2.75, 3.05) is 62.3 Å². The molecule has 1 saturated heterocycles. The second-order valence-corrected chi connectivity index (χ2v) is 13.1. The molecule has 3 aromatic heterocycles. The van der Waals surface area contributed by atoms with Crippen LogP contribution in [0.4, 0.5) is 28.8 Å². The quantitative estimate of drug-likeness (QED) is 0.216. The van der Waals surface area contributed by atoms with Gasteiger partial charge in [-0.3, -0.25) is 14.6 Å². The average molecular weight is 649 g/mol. The van der Waals surface area contributed by atoms with E-state index in [2.05, 4.69) is 77.0 Å². The molecule has 42 heavy (non-hydrogen) atoms. The molecule has 2 N–H and O–H groups in total. The molecule has 11 nitrogen and oxygen atoms in total. The van der Waals surface area contributed by atoms with Gasteiger partial charge >= 0.3 is 0 Å². The molecule has 2 aromatic carbocycles. The average Bonchev–Trinajstić information content (AvgIpc) is 3.44. The lowest BCUT2D eigenvalue weighted by molar-refractivity contribution is 0.122. The summed E-state index contributed by atoms with van der Waals surface area (Å²) in [6, 6.07) is 8.13. The van der Waals surface area contributed by atoms with Gasteiger partial charge in [-0.2, -0.15) is 10.1 Å². The van der Waals surface area contributed by atoms with E-state index in [0.717, 1.165) is 62.1 Å². The van der Waals surface area contributed by atoms with Gasteiger partial charge in [0.15, 0.2) is 0 Å². The summed E-state index contributed by atoms with van der Waals surface area (Å²) in [5.41, 5.74) is 6.56. The Labute approximate surface area is 253 Å². The van der Waals surface area contributed by atoms with Crippen molar-refractivity contribution in [2.45, 2.75) is 0 Å². The van der Waals surface area contributed by atoms with Crippen molar-refractivity contribution in [3.8, 4) is 16.9 Å². The number of methoxy groups -OCH3 is 1. The molecule has 0 saturated carbocycles. The normalized spacial score (nSPS) is 13.5. The minimum absolute atomic E-state index is 0.424. The summed E-state index contributed by atoms with van der Waals surface area (Å²) in [5, 5.41) is 12.5. The molecule has 5 aromatic rings. The highest BCUT2D eigenvalue weighted by Gasteiger charge is 2.21. The van der Waals surface area contributed by atoms with Gasteiger partial charge in [-0.15, -0.1) is 0 Å². The highest BCUT2D eigenvalue weighted by Crippen LogP contribution is 2.41. The second kappa shape index (κ2) is 12.2. The number of halogens is 1. The maximum Gasteiger partial charge on any atom is 0.229 e. The largest absolute Gasteiger partial charge is 0.494 e. The fourth-order valence-corrected chi connectivity index (χ4v) is 6.53. The lowest BCUT2D eigenvalue weighted by Gasteiger charge is -2.31. The molecule has 13 heteroatoms. The fraction of sp³-hybridized carbons (Fsp3) is 0.276. The molecule has 0 bridgehead atoms. The van der Waals surface area contributed by atoms with E-state index < -0.39 is 7.92 Å². The summed E-state index contributed by atoms with van der Waals surface area (Å²) in [6.45, 7) is 7.38. The first kappa shape index (κ1) is 28.3. The van der Waals surface area contributed by atoms with E-state index in [-0.39, 0.29) is 0 Å². The van der Waals surface area contributed by atoms with Crippen LogP contribution >= 0.6 is 23.9 Å². The van der Waals surface area contributed by atoms with Crippen LogP contribution in [0.3, 0.4) is 0 Å². The van der Waals surface area contributed by atoms with Crippen molar-refractivity contribution in [3.63, 3.8) is 0 Å². The number of fused-ring (bicyclic) bond motifs is 1. The number of aromatic nitrogens is 6. The Kier molecular flexibility index (Phi) is 8.19. The van der Waals surface area contributed by atoms with Gasteiger partial charge in [-0.05, 0) is 47.5 Å². The first-order valence-corrected chi connectivity index (χ1v) is 16.5. The van der Waals surface area contributed by atoms with Crippen LogP contribution in [-0.2, 0) is 11.8 Å². The van der Waals surface area contributed by atoms with Crippen molar-refractivity contribution in [1.29, 1.82) is 0 Å². The standard InChI is InChI=1S/C29H31BrN9O2P/c1-38-17-18(15-34-38)19-13-23(25(40-2)14-24(19)39-9-11-41-12-10-39)36-29-33-16-20(30)28(37-29)35-22-6-5-21-26(27(22)42(3)4)32-8-7-31-21/h5-8,13-17H,9-12H2,1-4H3,(H2,33,35,36,37). The minimum atomic E-state index is -0.484. The smallest absolute Gasteiger partial charge is 0.229 e. The van der Waals surface area contributed by atoms with Crippen molar-refractivity contribution >= 4 is 69.0 Å². The van der Waals surface area contributed by atoms with Crippen LogP contribution in [0, 0.1) is 0 Å². The monoisotopic (exact) mass is 647 g/mol. The summed E-state index contributed by atoms with van der Waals surface area (Å²) in [4.78, 5) is 20.8. The summed E-state index contributed by atoms with van der Waals surface area (Å²) in [5.74, 6) is 1.74. The van der Waals surface area contributed by atoms with Crippen LogP contribution in [0.15, 0.2) is 59.7 Å². The predicted molar refractivity (Wildman–Crippen MR) is 172 cm³/mol. The molecule has 1 aliphatic rings. The third-order valence-electron chi connectivity index (χ3n) is 6.99. The highest BCUT2D eigenvalue weighted by atomic mass is 79.9. The molecule has 216 valence electrons. The second-order valence-electron chi connectivity index (χ2n) is 9.99. The molecule has 4 heterocycles. The van der Waals surface area contributed by atoms with E-state index in [1.807, 2.05) is 31.6 Å². The maximum absolute atomic E-state index is 5.85. The van der Waals surface area contributed by atoms with Gasteiger partial charge in [-0.1, -0.05) is 7.92 Å². The first-order chi connectivity index (χ1) is 20.4. The van der Waals surface area contributed by atoms with E-state index in [1.54, 1.807) is 30.4 Å². The lowest BCUT2D eigenvalue weighted by atomic mass is 10.0. The third kappa shape index (κ3) is 5.74. The SMILES string of the molecule is COc1cc(N2CCOCC2)c(-c2cnn(C)c2)cc1Nc1ncc(Br)c(Nc2ccc3nccnc3c2P(C)C)n1. The van der Waals surface area contributed by atoms with E-state index >= 15 is 0 Å². The summed E-state index contributed by atoms with van der Waals surface area (Å²) in [7, 11) is 3.10. The Balaban J connectivity index is 1.37. The molecular weight excluding hydrogens is 617 g/mol. The zero-order valence-corrected chi connectivity index (χ0v) is 26.3. The van der Waals surface area contributed by atoms with Crippen LogP contribution in [0.5, 0.6) is 5.75 Å². The summed E-state index contributed by atoms with van der Waals surface area (Å²) >= 11 is 3.62. The number of ether oxygens (including phenoxy) is 2. The van der Waals surface area contributed by atoms with Gasteiger partial charge in [0.1, 0.15) is 11.6 Å². The molecule has 0 atom stereocenters. The molecule has 0 unspecified atom stereocenters. The molecule has 6 rings (SSSR count). The Hall–Kier alpha value is -3.86. The van der Waals surface area contributed by atoms with E-state index in [9.17, 15) is 0 Å². The lowest BCUT2D eigenvalue weighted by Crippen LogP contribution is -2.36. The zero-order valence-electron chi connectivity index (χ0n) is 23.8. The maximum atomic E-state index is 5.85. The number of aryl methyl sites for hydroxylation is 1. The molecule has 0 radical (unpaired) electrons. The molecular formula is C29H31BrN9O2P. The number of benzene rings is 2. The van der Waals surface area contributed by atoms with Crippen LogP contribution in [0.25, 0.3) is 22.2 Å². The van der Waals surface area contributed by atoms with Gasteiger partial charge in [0.05, 0.1) is 47.7 Å². The summed E-state index contributed by atoms with van der Waals surface area (Å²) in [6.07, 6.45) is 9.06. The number of nitrogens with one attached hydrogen (secondary N) is 2. The Morgan fingerprint density at radius 1 is 1.00 bits per heavy atom. The number of rotatable bonds is 8. The number of anilines is 5. The van der Waals surface area contributed by atoms with Gasteiger partial charge in [0.2, 0.25) is 5.95 Å². The van der Waals surface area contributed by atoms with Crippen LogP contribution < -0.4 is 25.6 Å². The summed E-state index contributed by atoms with van der Waals surface area (Å²) < 4.78 is 14.0. The van der Waals surface area contributed by atoms with Gasteiger partial charge in [0.25, 0.3) is 0 Å². The van der Waals surface area contributed by atoms with Gasteiger partial charge < -0.3 is 25.0 Å². The number of hydrogen-bond acceptors (Lipinski definition) is 10. The molecule has 0 amide bonds. The Bertz CT molecular complexity index is 1740. The Morgan fingerprint density at radius 2 is 1.81 bits per heavy atom. The molecule has 0 spiro atoms. The van der Waals surface area contributed by atoms with Crippen LogP contribution in [0.1, 0.15) is 0 Å². The minimum Gasteiger partial charge on any atom is -0.494 e. The van der Waals surface area contributed by atoms with E-state index in [4.69, 9.17) is 14.5 Å². The van der Waals surface area contributed by atoms with E-state index in [1.165, 1.54) is 0 Å². The van der Waals surface area contributed by atoms with Crippen molar-refractivity contribution in [2.24, 2.45) is 7.05 Å². The number of nitrogens with zero attached hydrogens (tertiary/aromatic N) is 7. The molecule has 0 aliphatic carbocycles. The highest BCUT2D eigenvalue weighted by molar-refractivity contribution is 9.10. The van der Waals surface area contributed by atoms with Gasteiger partial charge in [-0.25, -0.2) is 4.98 Å². The van der Waals surface area contributed by atoms with Crippen molar-refractivity contribution in [1.82, 2.24) is 29.7 Å². The molecule has 1 aliphatic heterocycles. The number of hydrogen-bond donors (Lipinski definition) is 2. The topological polar surface area (TPSA) is 115 Å². The van der Waals surface area contributed by atoms with E-state index in [0.29, 0.717) is 30.7 Å². The molecule has 1 fully saturated rings. The fourth-order valence-electron chi connectivity index (χ4n) is 5.03. The Morgan fingerprint density at radius 3 is 2.55 bits per heavy atom. The van der Waals surface area contributed by atoms with Crippen molar-refractivity contribution in [3.05, 3.63) is 59.7 Å². The predicted octanol–water partition coefficient (Wildman–Crippen LogP) is 5.28. The van der Waals surface area contributed by atoms with Crippen LogP contribution in [-0.4, -0.2) is 76.5 Å². The van der Waals surface area contributed by atoms with Crippen molar-refractivity contribution < 1.29 is 9.47 Å².